The van der Waals surface area contributed by atoms with Gasteiger partial charge in [0, 0.05) is 5.70 Å². The number of nitrogens with two attached hydrogens (primary N) is 1. The van der Waals surface area contributed by atoms with Crippen LogP contribution in [0.15, 0.2) is 23.4 Å². The van der Waals surface area contributed by atoms with Crippen molar-refractivity contribution in [3.05, 3.63) is 40.1 Å². The minimum atomic E-state index is -0.465. The lowest BCUT2D eigenvalue weighted by molar-refractivity contribution is -0.115. The Morgan fingerprint density at radius 3 is 2.52 bits per heavy atom. The monoisotopic (exact) mass is 305 g/mol. The van der Waals surface area contributed by atoms with Crippen LogP contribution in [-0.4, -0.2) is 18.1 Å². The van der Waals surface area contributed by atoms with Crippen molar-refractivity contribution in [3.8, 4) is 5.75 Å². The first kappa shape index (κ1) is 15.3. The Kier molecular flexibility index (Phi) is 4.18. The molecule has 0 spiro atoms. The summed E-state index contributed by atoms with van der Waals surface area (Å²) in [4.78, 5) is 11.8. The molecule has 0 saturated carbocycles. The van der Waals surface area contributed by atoms with E-state index in [9.17, 15) is 4.79 Å². The van der Waals surface area contributed by atoms with E-state index in [-0.39, 0.29) is 6.04 Å². The zero-order valence-electron chi connectivity index (χ0n) is 12.5. The first-order valence-corrected chi connectivity index (χ1v) is 6.99. The summed E-state index contributed by atoms with van der Waals surface area (Å²) in [7, 11) is 1.64. The average molecular weight is 305 g/mol. The molecule has 6 heteroatoms. The summed E-state index contributed by atoms with van der Waals surface area (Å²) in [5.41, 5.74) is 9.67. The third kappa shape index (κ3) is 2.85. The Balaban J connectivity index is 2.58. The minimum Gasteiger partial charge on any atom is -0.496 e. The molecule has 1 aliphatic rings. The molecular formula is C15H19N3O2S. The van der Waals surface area contributed by atoms with E-state index in [1.54, 1.807) is 14.0 Å². The molecule has 0 bridgehead atoms. The van der Waals surface area contributed by atoms with Crippen LogP contribution >= 0.6 is 12.2 Å². The second kappa shape index (κ2) is 5.73. The number of carbonyl (C=O) groups is 1. The summed E-state index contributed by atoms with van der Waals surface area (Å²) in [6, 6.07) is 3.60. The van der Waals surface area contributed by atoms with Gasteiger partial charge in [-0.3, -0.25) is 4.79 Å². The molecule has 0 unspecified atom stereocenters. The topological polar surface area (TPSA) is 76.4 Å². The van der Waals surface area contributed by atoms with Crippen molar-refractivity contribution in [3.63, 3.8) is 0 Å². The van der Waals surface area contributed by atoms with Crippen molar-refractivity contribution in [1.82, 2.24) is 10.6 Å². The number of allylic oxidation sites excluding steroid dienone is 1. The van der Waals surface area contributed by atoms with Gasteiger partial charge in [0.1, 0.15) is 5.75 Å². The van der Waals surface area contributed by atoms with Crippen molar-refractivity contribution >= 4 is 23.2 Å². The molecule has 1 aliphatic heterocycles. The summed E-state index contributed by atoms with van der Waals surface area (Å²) < 4.78 is 5.32. The number of hydrogen-bond acceptors (Lipinski definition) is 3. The number of nitrogens with one attached hydrogen (secondary N) is 2. The SMILES string of the molecule is COc1cc(C)c([C@@H]2NC(=S)NC(C)=C2C(N)=O)cc1C. The first-order valence-electron chi connectivity index (χ1n) is 6.58. The quantitative estimate of drug-likeness (QED) is 0.739. The van der Waals surface area contributed by atoms with Gasteiger partial charge in [0.15, 0.2) is 5.11 Å². The van der Waals surface area contributed by atoms with Gasteiger partial charge in [-0.25, -0.2) is 0 Å². The lowest BCUT2D eigenvalue weighted by Crippen LogP contribution is -2.46. The Hall–Kier alpha value is -2.08. The smallest absolute Gasteiger partial charge is 0.248 e. The third-order valence-corrected chi connectivity index (χ3v) is 3.85. The van der Waals surface area contributed by atoms with Crippen LogP contribution in [0.3, 0.4) is 0 Å². The Morgan fingerprint density at radius 2 is 1.95 bits per heavy atom. The molecular weight excluding hydrogens is 286 g/mol. The summed E-state index contributed by atoms with van der Waals surface area (Å²) in [5, 5.41) is 6.54. The van der Waals surface area contributed by atoms with Crippen LogP contribution in [0.25, 0.3) is 0 Å². The molecule has 4 N–H and O–H groups in total. The van der Waals surface area contributed by atoms with Crippen LogP contribution in [0, 0.1) is 13.8 Å². The second-order valence-corrected chi connectivity index (χ2v) is 5.52. The number of thiocarbonyl (C=S) groups is 1. The van der Waals surface area contributed by atoms with E-state index in [0.717, 1.165) is 22.4 Å². The van der Waals surface area contributed by atoms with Gasteiger partial charge in [0.25, 0.3) is 0 Å². The van der Waals surface area contributed by atoms with Gasteiger partial charge in [-0.05, 0) is 61.8 Å². The number of hydrogen-bond donors (Lipinski definition) is 3. The Labute approximate surface area is 129 Å². The summed E-state index contributed by atoms with van der Waals surface area (Å²) in [6.45, 7) is 5.73. The molecule has 5 nitrogen and oxygen atoms in total. The number of carbonyl (C=O) groups excluding carboxylic acids is 1. The lowest BCUT2D eigenvalue weighted by Gasteiger charge is -2.30. The fourth-order valence-corrected chi connectivity index (χ4v) is 2.87. The molecule has 21 heavy (non-hydrogen) atoms. The third-order valence-electron chi connectivity index (χ3n) is 3.63. The molecule has 0 aromatic heterocycles. The number of primary amides is 1. The fourth-order valence-electron chi connectivity index (χ4n) is 2.60. The van der Waals surface area contributed by atoms with E-state index in [2.05, 4.69) is 10.6 Å². The van der Waals surface area contributed by atoms with Crippen LogP contribution in [0.1, 0.15) is 29.7 Å². The predicted molar refractivity (Wildman–Crippen MR) is 86.0 cm³/mol. The normalized spacial score (nSPS) is 18.1. The maximum Gasteiger partial charge on any atom is 0.248 e. The highest BCUT2D eigenvalue weighted by molar-refractivity contribution is 7.80. The minimum absolute atomic E-state index is 0.346. The molecule has 112 valence electrons. The standard InChI is InChI=1S/C15H19N3O2S/c1-7-6-11(20-4)8(2)5-10(7)13-12(14(16)19)9(3)17-15(21)18-13/h5-6,13H,1-4H3,(H2,16,19)(H2,17,18,21)/t13-/m0/s1. The molecule has 1 aromatic rings. The molecule has 1 heterocycles. The van der Waals surface area contributed by atoms with Gasteiger partial charge in [-0.1, -0.05) is 0 Å². The highest BCUT2D eigenvalue weighted by atomic mass is 32.1. The largest absolute Gasteiger partial charge is 0.496 e. The van der Waals surface area contributed by atoms with Crippen molar-refractivity contribution < 1.29 is 9.53 Å². The zero-order chi connectivity index (χ0) is 15.7. The zero-order valence-corrected chi connectivity index (χ0v) is 13.4. The van der Waals surface area contributed by atoms with E-state index in [0.29, 0.717) is 16.4 Å². The predicted octanol–water partition coefficient (Wildman–Crippen LogP) is 1.59. The maximum atomic E-state index is 11.8. The number of rotatable bonds is 3. The molecule has 0 fully saturated rings. The van der Waals surface area contributed by atoms with Gasteiger partial charge in [0.2, 0.25) is 5.91 Å². The molecule has 0 radical (unpaired) electrons. The maximum absolute atomic E-state index is 11.8. The molecule has 1 aromatic carbocycles. The van der Waals surface area contributed by atoms with Crippen molar-refractivity contribution in [2.24, 2.45) is 5.73 Å². The van der Waals surface area contributed by atoms with Crippen LogP contribution in [-0.2, 0) is 4.79 Å². The molecule has 0 saturated heterocycles. The Bertz CT molecular complexity index is 653. The van der Waals surface area contributed by atoms with Crippen LogP contribution in [0.2, 0.25) is 0 Å². The van der Waals surface area contributed by atoms with Gasteiger partial charge < -0.3 is 21.1 Å². The Morgan fingerprint density at radius 1 is 1.29 bits per heavy atom. The lowest BCUT2D eigenvalue weighted by atomic mass is 9.90. The van der Waals surface area contributed by atoms with Gasteiger partial charge in [0.05, 0.1) is 18.7 Å². The summed E-state index contributed by atoms with van der Waals surface area (Å²) >= 11 is 5.19. The molecule has 2 rings (SSSR count). The van der Waals surface area contributed by atoms with Crippen LogP contribution in [0.5, 0.6) is 5.75 Å². The second-order valence-electron chi connectivity index (χ2n) is 5.11. The van der Waals surface area contributed by atoms with Gasteiger partial charge >= 0.3 is 0 Å². The number of aryl methyl sites for hydroxylation is 2. The number of amides is 1. The number of methoxy groups -OCH3 is 1. The van der Waals surface area contributed by atoms with Crippen molar-refractivity contribution in [2.75, 3.05) is 7.11 Å². The first-order chi connectivity index (χ1) is 9.85. The van der Waals surface area contributed by atoms with E-state index in [1.807, 2.05) is 26.0 Å². The van der Waals surface area contributed by atoms with E-state index < -0.39 is 5.91 Å². The number of benzene rings is 1. The molecule has 0 aliphatic carbocycles. The summed E-state index contributed by atoms with van der Waals surface area (Å²) in [6.07, 6.45) is 0. The molecule has 1 amide bonds. The van der Waals surface area contributed by atoms with Crippen LogP contribution in [0.4, 0.5) is 0 Å². The van der Waals surface area contributed by atoms with E-state index in [4.69, 9.17) is 22.7 Å². The van der Waals surface area contributed by atoms with Crippen molar-refractivity contribution in [1.29, 1.82) is 0 Å². The number of ether oxygens (including phenoxy) is 1. The highest BCUT2D eigenvalue weighted by Crippen LogP contribution is 2.32. The molecule has 1 atom stereocenters. The average Bonchev–Trinajstić information content (AvgIpc) is 2.39. The van der Waals surface area contributed by atoms with Gasteiger partial charge in [-0.2, -0.15) is 0 Å². The van der Waals surface area contributed by atoms with E-state index in [1.165, 1.54) is 0 Å². The fraction of sp³-hybridized carbons (Fsp3) is 0.333. The van der Waals surface area contributed by atoms with Crippen molar-refractivity contribution in [2.45, 2.75) is 26.8 Å². The highest BCUT2D eigenvalue weighted by Gasteiger charge is 2.29. The summed E-state index contributed by atoms with van der Waals surface area (Å²) in [5.74, 6) is 0.349. The van der Waals surface area contributed by atoms with E-state index >= 15 is 0 Å². The van der Waals surface area contributed by atoms with Crippen LogP contribution < -0.4 is 21.1 Å². The van der Waals surface area contributed by atoms with Gasteiger partial charge in [-0.15, -0.1) is 0 Å².